The summed E-state index contributed by atoms with van der Waals surface area (Å²) in [5.41, 5.74) is 9.65. The van der Waals surface area contributed by atoms with Crippen molar-refractivity contribution in [2.24, 2.45) is 16.1 Å². The van der Waals surface area contributed by atoms with Gasteiger partial charge in [0.1, 0.15) is 16.0 Å². The maximum Gasteiger partial charge on any atom is 0.294 e. The molecule has 4 rings (SSSR count). The minimum atomic E-state index is -4.34. The molecule has 0 spiro atoms. The number of benzene rings is 1. The van der Waals surface area contributed by atoms with Crippen LogP contribution in [-0.2, 0) is 35.0 Å². The number of anilines is 1. The van der Waals surface area contributed by atoms with Gasteiger partial charge in [-0.1, -0.05) is 58.1 Å². The largest absolute Gasteiger partial charge is 0.352 e. The van der Waals surface area contributed by atoms with Crippen molar-refractivity contribution in [3.63, 3.8) is 0 Å². The number of likely N-dealkylation sites (N-methyl/N-ethyl adjacent to an activating group) is 1. The molecular weight excluding hydrogens is 667 g/mol. The number of allylic oxidation sites excluding steroid dienone is 8. The molecule has 14 heteroatoms. The van der Waals surface area contributed by atoms with Crippen LogP contribution in [0.2, 0.25) is 0 Å². The van der Waals surface area contributed by atoms with E-state index in [1.54, 1.807) is 12.3 Å². The van der Waals surface area contributed by atoms with Crippen LogP contribution < -0.4 is 10.6 Å². The van der Waals surface area contributed by atoms with Crippen LogP contribution >= 0.6 is 0 Å². The second-order valence-electron chi connectivity index (χ2n) is 13.3. The van der Waals surface area contributed by atoms with Gasteiger partial charge in [-0.25, -0.2) is 13.5 Å². The molecule has 0 saturated carbocycles. The Morgan fingerprint density at radius 3 is 2.37 bits per heavy atom. The average molecular weight is 714 g/mol. The van der Waals surface area contributed by atoms with Gasteiger partial charge in [0, 0.05) is 67.1 Å². The molecule has 3 heterocycles. The van der Waals surface area contributed by atoms with Crippen LogP contribution in [0.25, 0.3) is 0 Å². The predicted molar refractivity (Wildman–Crippen MR) is 193 cm³/mol. The molecule has 0 fully saturated rings. The standard InChI is InChI=1S/C35H47N5O7S2/c1-34(2)28-22-25(33(41)38(5)47-6)24-39(19-13-21-48(7,42)43)32(28)37-30(34)14-11-9-8-10-12-15-31-35(3,4)27-23-26(49(44,45)46)16-17-29(27)40(31)20-18-36/h8-12,14-17,22-24,32H,13,18-21,36H2,1-7H3,(H,44,45,46). The molecule has 0 radical (unpaired) electrons. The molecule has 0 saturated heterocycles. The number of rotatable bonds is 13. The van der Waals surface area contributed by atoms with Gasteiger partial charge in [-0.05, 0) is 54.0 Å². The minimum Gasteiger partial charge on any atom is -0.352 e. The van der Waals surface area contributed by atoms with E-state index in [4.69, 9.17) is 15.6 Å². The summed E-state index contributed by atoms with van der Waals surface area (Å²) in [6.07, 6.45) is 18.2. The molecule has 3 aliphatic rings. The van der Waals surface area contributed by atoms with E-state index in [1.165, 1.54) is 32.5 Å². The summed E-state index contributed by atoms with van der Waals surface area (Å²) < 4.78 is 56.8. The SMILES string of the molecule is CON(C)C(=O)C1=CN(CCCS(C)(=O)=O)C2N=C(C=CC=CC=CC=C3N(CCN)c4ccc(S(=O)(=O)O)cc4C3(C)C)C(C)(C)C2=C1. The summed E-state index contributed by atoms with van der Waals surface area (Å²) in [7, 11) is -4.53. The molecule has 1 unspecified atom stereocenters. The lowest BCUT2D eigenvalue weighted by Gasteiger charge is -2.34. The number of nitrogens with zero attached hydrogens (tertiary/aromatic N) is 4. The van der Waals surface area contributed by atoms with E-state index < -0.39 is 30.8 Å². The summed E-state index contributed by atoms with van der Waals surface area (Å²) in [5, 5.41) is 1.15. The quantitative estimate of drug-likeness (QED) is 0.174. The van der Waals surface area contributed by atoms with E-state index in [9.17, 15) is 26.2 Å². The highest BCUT2D eigenvalue weighted by Gasteiger charge is 2.44. The molecular formula is C35H47N5O7S2. The monoisotopic (exact) mass is 713 g/mol. The Hall–Kier alpha value is -3.82. The lowest BCUT2D eigenvalue weighted by atomic mass is 9.78. The first kappa shape index (κ1) is 38.0. The lowest BCUT2D eigenvalue weighted by Crippen LogP contribution is -2.38. The highest BCUT2D eigenvalue weighted by atomic mass is 32.2. The molecule has 49 heavy (non-hydrogen) atoms. The van der Waals surface area contributed by atoms with Gasteiger partial charge in [0.25, 0.3) is 16.0 Å². The molecule has 0 aliphatic carbocycles. The van der Waals surface area contributed by atoms with Crippen LogP contribution in [0.1, 0.15) is 39.7 Å². The normalized spacial score (nSPS) is 21.0. The van der Waals surface area contributed by atoms with Crippen molar-refractivity contribution < 1.29 is 31.0 Å². The van der Waals surface area contributed by atoms with Crippen LogP contribution in [0.5, 0.6) is 0 Å². The Bertz CT molecular complexity index is 1900. The van der Waals surface area contributed by atoms with Crippen LogP contribution in [0.4, 0.5) is 5.69 Å². The van der Waals surface area contributed by atoms with Crippen molar-refractivity contribution in [2.45, 2.75) is 50.6 Å². The fourth-order valence-corrected chi connectivity index (χ4v) is 7.46. The van der Waals surface area contributed by atoms with E-state index >= 15 is 0 Å². The Morgan fingerprint density at radius 1 is 1.06 bits per heavy atom. The van der Waals surface area contributed by atoms with E-state index in [-0.39, 0.29) is 22.7 Å². The zero-order chi connectivity index (χ0) is 36.4. The molecule has 3 N–H and O–H groups in total. The third-order valence-corrected chi connectivity index (χ3v) is 10.9. The van der Waals surface area contributed by atoms with Crippen molar-refractivity contribution >= 4 is 37.3 Å². The van der Waals surface area contributed by atoms with E-state index in [0.29, 0.717) is 31.6 Å². The Morgan fingerprint density at radius 2 is 1.73 bits per heavy atom. The molecule has 1 atom stereocenters. The number of carbonyl (C=O) groups excluding carboxylic acids is 1. The van der Waals surface area contributed by atoms with Crippen molar-refractivity contribution in [3.05, 3.63) is 95.4 Å². The number of nitrogens with two attached hydrogens (primary N) is 1. The van der Waals surface area contributed by atoms with E-state index in [1.807, 2.05) is 81.2 Å². The summed E-state index contributed by atoms with van der Waals surface area (Å²) >= 11 is 0. The first-order valence-electron chi connectivity index (χ1n) is 15.9. The topological polar surface area (TPSA) is 163 Å². The molecule has 1 aromatic rings. The number of carbonyl (C=O) groups is 1. The summed E-state index contributed by atoms with van der Waals surface area (Å²) in [5.74, 6) is -0.283. The summed E-state index contributed by atoms with van der Waals surface area (Å²) in [4.78, 5) is 27.0. The number of hydroxylamine groups is 2. The van der Waals surface area contributed by atoms with Gasteiger partial charge in [0.2, 0.25) is 0 Å². The number of fused-ring (bicyclic) bond motifs is 2. The number of amides is 1. The van der Waals surface area contributed by atoms with Crippen LogP contribution in [0.3, 0.4) is 0 Å². The first-order valence-corrected chi connectivity index (χ1v) is 19.4. The van der Waals surface area contributed by atoms with Crippen molar-refractivity contribution in [2.75, 3.05) is 50.7 Å². The molecule has 1 aromatic carbocycles. The third kappa shape index (κ3) is 8.32. The second kappa shape index (κ2) is 14.6. The van der Waals surface area contributed by atoms with Crippen molar-refractivity contribution in [1.82, 2.24) is 9.96 Å². The zero-order valence-corrected chi connectivity index (χ0v) is 30.8. The number of hydrogen-bond acceptors (Lipinski definition) is 10. The number of aliphatic imine (C=N–C) groups is 1. The summed E-state index contributed by atoms with van der Waals surface area (Å²) in [6, 6.07) is 4.62. The maximum atomic E-state index is 13.0. The summed E-state index contributed by atoms with van der Waals surface area (Å²) in [6.45, 7) is 9.45. The van der Waals surface area contributed by atoms with Gasteiger partial charge in [0.15, 0.2) is 0 Å². The van der Waals surface area contributed by atoms with Gasteiger partial charge in [-0.15, -0.1) is 0 Å². The molecule has 0 aromatic heterocycles. The lowest BCUT2D eigenvalue weighted by molar-refractivity contribution is -0.163. The Labute approximate surface area is 290 Å². The first-order chi connectivity index (χ1) is 22.8. The van der Waals surface area contributed by atoms with Gasteiger partial charge in [-0.2, -0.15) is 8.42 Å². The number of hydrogen-bond donors (Lipinski definition) is 2. The minimum absolute atomic E-state index is 0.0314. The third-order valence-electron chi connectivity index (χ3n) is 9.04. The molecule has 3 aliphatic heterocycles. The molecule has 0 bridgehead atoms. The van der Waals surface area contributed by atoms with Crippen molar-refractivity contribution in [1.29, 1.82) is 0 Å². The Kier molecular flexibility index (Phi) is 11.3. The van der Waals surface area contributed by atoms with Crippen molar-refractivity contribution in [3.8, 4) is 0 Å². The van der Waals surface area contributed by atoms with E-state index in [2.05, 4.69) is 4.90 Å². The molecule has 266 valence electrons. The van der Waals surface area contributed by atoms with Crippen LogP contribution in [-0.4, -0.2) is 94.9 Å². The maximum absolute atomic E-state index is 13.0. The molecule has 12 nitrogen and oxygen atoms in total. The number of sulfone groups is 1. The van der Waals surface area contributed by atoms with Gasteiger partial charge >= 0.3 is 0 Å². The van der Waals surface area contributed by atoms with Crippen LogP contribution in [0, 0.1) is 5.41 Å². The predicted octanol–water partition coefficient (Wildman–Crippen LogP) is 3.93. The molecule has 1 amide bonds. The highest BCUT2D eigenvalue weighted by Crippen LogP contribution is 2.48. The second-order valence-corrected chi connectivity index (χ2v) is 17.0. The Balaban J connectivity index is 1.53. The van der Waals surface area contributed by atoms with Gasteiger partial charge < -0.3 is 15.5 Å². The average Bonchev–Trinajstić information content (AvgIpc) is 3.39. The van der Waals surface area contributed by atoms with E-state index in [0.717, 1.165) is 33.3 Å². The van der Waals surface area contributed by atoms with Crippen LogP contribution in [0.15, 0.2) is 99.7 Å². The van der Waals surface area contributed by atoms with Gasteiger partial charge in [0.05, 0.1) is 23.3 Å². The fourth-order valence-electron chi connectivity index (χ4n) is 6.30. The fraction of sp³-hybridized carbons (Fsp3) is 0.429. The highest BCUT2D eigenvalue weighted by molar-refractivity contribution is 7.90. The zero-order valence-electron chi connectivity index (χ0n) is 29.1. The smallest absolute Gasteiger partial charge is 0.294 e. The van der Waals surface area contributed by atoms with Gasteiger partial charge in [-0.3, -0.25) is 19.2 Å².